The summed E-state index contributed by atoms with van der Waals surface area (Å²) in [5.41, 5.74) is 1.59. The summed E-state index contributed by atoms with van der Waals surface area (Å²) in [6.07, 6.45) is 0. The predicted octanol–water partition coefficient (Wildman–Crippen LogP) is 2.58. The zero-order valence-electron chi connectivity index (χ0n) is 8.64. The van der Waals surface area contributed by atoms with Gasteiger partial charge < -0.3 is 10.1 Å². The molecule has 0 amide bonds. The molecule has 1 rings (SSSR count). The second-order valence-corrected chi connectivity index (χ2v) is 3.11. The molecule has 0 unspecified atom stereocenters. The van der Waals surface area contributed by atoms with Crippen molar-refractivity contribution in [1.29, 1.82) is 0 Å². The third kappa shape index (κ3) is 3.34. The van der Waals surface area contributed by atoms with Crippen molar-refractivity contribution in [2.45, 2.75) is 13.8 Å². The molecule has 0 aliphatic carbocycles. The van der Waals surface area contributed by atoms with Crippen molar-refractivity contribution >= 4 is 5.69 Å². The summed E-state index contributed by atoms with van der Waals surface area (Å²) < 4.78 is 18.3. The first-order valence-corrected chi connectivity index (χ1v) is 4.82. The van der Waals surface area contributed by atoms with E-state index in [1.165, 1.54) is 6.07 Å². The zero-order chi connectivity index (χ0) is 10.4. The minimum absolute atomic E-state index is 0.216. The molecule has 0 aliphatic rings. The van der Waals surface area contributed by atoms with Gasteiger partial charge in [0.15, 0.2) is 0 Å². The van der Waals surface area contributed by atoms with Gasteiger partial charge in [-0.25, -0.2) is 4.39 Å². The molecule has 1 aromatic carbocycles. The fourth-order valence-corrected chi connectivity index (χ4v) is 1.18. The molecule has 1 aromatic rings. The molecule has 1 N–H and O–H groups in total. The molecule has 14 heavy (non-hydrogen) atoms. The van der Waals surface area contributed by atoms with Gasteiger partial charge in [-0.1, -0.05) is 6.07 Å². The average Bonchev–Trinajstić information content (AvgIpc) is 2.18. The van der Waals surface area contributed by atoms with E-state index in [0.717, 1.165) is 5.56 Å². The molecule has 0 bridgehead atoms. The highest BCUT2D eigenvalue weighted by Crippen LogP contribution is 2.14. The van der Waals surface area contributed by atoms with Gasteiger partial charge in [-0.15, -0.1) is 0 Å². The van der Waals surface area contributed by atoms with Gasteiger partial charge in [0.2, 0.25) is 0 Å². The van der Waals surface area contributed by atoms with Crippen molar-refractivity contribution in [1.82, 2.24) is 0 Å². The van der Waals surface area contributed by atoms with E-state index < -0.39 is 0 Å². The zero-order valence-corrected chi connectivity index (χ0v) is 8.64. The number of aryl methyl sites for hydroxylation is 1. The Hall–Kier alpha value is -1.09. The number of ether oxygens (including phenoxy) is 1. The second kappa shape index (κ2) is 5.60. The van der Waals surface area contributed by atoms with E-state index in [0.29, 0.717) is 25.4 Å². The summed E-state index contributed by atoms with van der Waals surface area (Å²) in [7, 11) is 0. The molecule has 2 nitrogen and oxygen atoms in total. The van der Waals surface area contributed by atoms with Crippen LogP contribution in [0, 0.1) is 12.7 Å². The Morgan fingerprint density at radius 1 is 1.43 bits per heavy atom. The first-order chi connectivity index (χ1) is 6.74. The van der Waals surface area contributed by atoms with Crippen molar-refractivity contribution in [2.24, 2.45) is 0 Å². The van der Waals surface area contributed by atoms with Crippen LogP contribution in [-0.4, -0.2) is 19.8 Å². The molecule has 0 atom stereocenters. The fourth-order valence-electron chi connectivity index (χ4n) is 1.18. The average molecular weight is 197 g/mol. The van der Waals surface area contributed by atoms with Crippen LogP contribution in [0.2, 0.25) is 0 Å². The third-order valence-electron chi connectivity index (χ3n) is 1.89. The van der Waals surface area contributed by atoms with Crippen molar-refractivity contribution in [2.75, 3.05) is 25.1 Å². The SMILES string of the molecule is CCOCCNc1cc(C)ccc1F. The molecular weight excluding hydrogens is 181 g/mol. The molecule has 0 saturated carbocycles. The van der Waals surface area contributed by atoms with E-state index in [2.05, 4.69) is 5.32 Å². The maximum absolute atomic E-state index is 13.2. The monoisotopic (exact) mass is 197 g/mol. The van der Waals surface area contributed by atoms with Crippen LogP contribution in [-0.2, 0) is 4.74 Å². The van der Waals surface area contributed by atoms with Gasteiger partial charge in [-0.3, -0.25) is 0 Å². The Kier molecular flexibility index (Phi) is 4.40. The van der Waals surface area contributed by atoms with Gasteiger partial charge in [0.1, 0.15) is 5.82 Å². The first-order valence-electron chi connectivity index (χ1n) is 4.82. The van der Waals surface area contributed by atoms with Crippen LogP contribution in [0.15, 0.2) is 18.2 Å². The molecule has 0 radical (unpaired) electrons. The molecule has 0 fully saturated rings. The van der Waals surface area contributed by atoms with Crippen molar-refractivity contribution in [3.05, 3.63) is 29.6 Å². The molecule has 0 aliphatic heterocycles. The highest BCUT2D eigenvalue weighted by atomic mass is 19.1. The Bertz CT molecular complexity index is 289. The lowest BCUT2D eigenvalue weighted by molar-refractivity contribution is 0.158. The maximum Gasteiger partial charge on any atom is 0.146 e. The van der Waals surface area contributed by atoms with Crippen LogP contribution in [0.1, 0.15) is 12.5 Å². The van der Waals surface area contributed by atoms with Crippen molar-refractivity contribution < 1.29 is 9.13 Å². The van der Waals surface area contributed by atoms with Crippen molar-refractivity contribution in [3.8, 4) is 0 Å². The van der Waals surface area contributed by atoms with Crippen molar-refractivity contribution in [3.63, 3.8) is 0 Å². The Morgan fingerprint density at radius 2 is 2.21 bits per heavy atom. The first kappa shape index (κ1) is 11.0. The van der Waals surface area contributed by atoms with E-state index in [9.17, 15) is 4.39 Å². The molecule has 0 saturated heterocycles. The van der Waals surface area contributed by atoms with E-state index in [1.54, 1.807) is 12.1 Å². The predicted molar refractivity (Wildman–Crippen MR) is 56.1 cm³/mol. The second-order valence-electron chi connectivity index (χ2n) is 3.11. The maximum atomic E-state index is 13.2. The fraction of sp³-hybridized carbons (Fsp3) is 0.455. The van der Waals surface area contributed by atoms with Crippen LogP contribution in [0.3, 0.4) is 0 Å². The molecule has 0 aromatic heterocycles. The molecular formula is C11H16FNO. The van der Waals surface area contributed by atoms with Gasteiger partial charge in [0.25, 0.3) is 0 Å². The number of halogens is 1. The Balaban J connectivity index is 2.45. The smallest absolute Gasteiger partial charge is 0.146 e. The van der Waals surface area contributed by atoms with E-state index in [4.69, 9.17) is 4.74 Å². The highest BCUT2D eigenvalue weighted by molar-refractivity contribution is 5.46. The van der Waals surface area contributed by atoms with Crippen LogP contribution in [0.4, 0.5) is 10.1 Å². The van der Waals surface area contributed by atoms with E-state index in [1.807, 2.05) is 13.8 Å². The number of hydrogen-bond acceptors (Lipinski definition) is 2. The standard InChI is InChI=1S/C11H16FNO/c1-3-14-7-6-13-11-8-9(2)4-5-10(11)12/h4-5,8,13H,3,6-7H2,1-2H3. The lowest BCUT2D eigenvalue weighted by Gasteiger charge is -2.08. The third-order valence-corrected chi connectivity index (χ3v) is 1.89. The Morgan fingerprint density at radius 3 is 2.93 bits per heavy atom. The minimum atomic E-state index is -0.216. The lowest BCUT2D eigenvalue weighted by atomic mass is 10.2. The topological polar surface area (TPSA) is 21.3 Å². The largest absolute Gasteiger partial charge is 0.380 e. The van der Waals surface area contributed by atoms with Gasteiger partial charge in [0, 0.05) is 13.2 Å². The van der Waals surface area contributed by atoms with Crippen LogP contribution in [0.5, 0.6) is 0 Å². The summed E-state index contributed by atoms with van der Waals surface area (Å²) in [5, 5.41) is 2.99. The van der Waals surface area contributed by atoms with Gasteiger partial charge in [-0.2, -0.15) is 0 Å². The minimum Gasteiger partial charge on any atom is -0.380 e. The molecule has 0 spiro atoms. The number of nitrogens with one attached hydrogen (secondary N) is 1. The quantitative estimate of drug-likeness (QED) is 0.732. The van der Waals surface area contributed by atoms with E-state index >= 15 is 0 Å². The summed E-state index contributed by atoms with van der Waals surface area (Å²) in [6, 6.07) is 5.02. The van der Waals surface area contributed by atoms with Gasteiger partial charge in [0.05, 0.1) is 12.3 Å². The molecule has 3 heteroatoms. The highest BCUT2D eigenvalue weighted by Gasteiger charge is 2.00. The van der Waals surface area contributed by atoms with Crippen LogP contribution >= 0.6 is 0 Å². The summed E-state index contributed by atoms with van der Waals surface area (Å²) in [5.74, 6) is -0.216. The molecule has 78 valence electrons. The lowest BCUT2D eigenvalue weighted by Crippen LogP contribution is -2.10. The number of benzene rings is 1. The Labute approximate surface area is 84.1 Å². The summed E-state index contributed by atoms with van der Waals surface area (Å²) in [4.78, 5) is 0. The van der Waals surface area contributed by atoms with Crippen LogP contribution in [0.25, 0.3) is 0 Å². The van der Waals surface area contributed by atoms with E-state index in [-0.39, 0.29) is 5.82 Å². The summed E-state index contributed by atoms with van der Waals surface area (Å²) >= 11 is 0. The number of hydrogen-bond donors (Lipinski definition) is 1. The normalized spacial score (nSPS) is 10.2. The number of rotatable bonds is 5. The summed E-state index contributed by atoms with van der Waals surface area (Å²) in [6.45, 7) is 5.80. The van der Waals surface area contributed by atoms with Gasteiger partial charge in [-0.05, 0) is 31.5 Å². The molecule has 0 heterocycles. The van der Waals surface area contributed by atoms with Gasteiger partial charge >= 0.3 is 0 Å². The van der Waals surface area contributed by atoms with Crippen LogP contribution < -0.4 is 5.32 Å². The number of anilines is 1.